The van der Waals surface area contributed by atoms with Crippen LogP contribution in [0.4, 0.5) is 0 Å². The standard InChI is InChI=1S/C18H29N3O2/c1-12-16(13(2)21-20-12)11-19-17(22)15-7-5-6-14(10-15)8-9-18(3,4)23/h5-7,10,12-13,16,20-21,23H,8-9,11H2,1-4H3,(H,19,22). The summed E-state index contributed by atoms with van der Waals surface area (Å²) in [5.41, 5.74) is 7.46. The largest absolute Gasteiger partial charge is 0.390 e. The smallest absolute Gasteiger partial charge is 0.251 e. The highest BCUT2D eigenvalue weighted by molar-refractivity contribution is 5.94. The highest BCUT2D eigenvalue weighted by Gasteiger charge is 2.29. The lowest BCUT2D eigenvalue weighted by Crippen LogP contribution is -2.37. The molecule has 0 aromatic heterocycles. The van der Waals surface area contributed by atoms with Gasteiger partial charge in [0.25, 0.3) is 5.91 Å². The number of carbonyl (C=O) groups is 1. The second-order valence-corrected chi connectivity index (χ2v) is 7.25. The van der Waals surface area contributed by atoms with Gasteiger partial charge in [-0.05, 0) is 58.2 Å². The van der Waals surface area contributed by atoms with Crippen molar-refractivity contribution in [3.05, 3.63) is 35.4 Å². The predicted molar refractivity (Wildman–Crippen MR) is 92.1 cm³/mol. The molecular formula is C18H29N3O2. The number of benzene rings is 1. The zero-order valence-electron chi connectivity index (χ0n) is 14.5. The second kappa shape index (κ2) is 7.43. The Kier molecular flexibility index (Phi) is 5.79. The van der Waals surface area contributed by atoms with Crippen LogP contribution in [0, 0.1) is 5.92 Å². The summed E-state index contributed by atoms with van der Waals surface area (Å²) in [5.74, 6) is 0.332. The molecule has 1 saturated heterocycles. The van der Waals surface area contributed by atoms with Crippen LogP contribution in [0.5, 0.6) is 0 Å². The molecule has 5 heteroatoms. The molecule has 1 heterocycles. The number of rotatable bonds is 6. The van der Waals surface area contributed by atoms with Gasteiger partial charge in [0, 0.05) is 30.1 Å². The summed E-state index contributed by atoms with van der Waals surface area (Å²) in [6.45, 7) is 8.48. The maximum atomic E-state index is 12.4. The summed E-state index contributed by atoms with van der Waals surface area (Å²) in [5, 5.41) is 12.9. The summed E-state index contributed by atoms with van der Waals surface area (Å²) in [4.78, 5) is 12.4. The van der Waals surface area contributed by atoms with Gasteiger partial charge < -0.3 is 10.4 Å². The normalized spacial score (nSPS) is 24.7. The number of amides is 1. The van der Waals surface area contributed by atoms with E-state index >= 15 is 0 Å². The molecule has 128 valence electrons. The van der Waals surface area contributed by atoms with E-state index in [9.17, 15) is 9.90 Å². The highest BCUT2D eigenvalue weighted by atomic mass is 16.3. The third kappa shape index (κ3) is 5.30. The van der Waals surface area contributed by atoms with Crippen LogP contribution in [-0.4, -0.2) is 35.2 Å². The maximum Gasteiger partial charge on any atom is 0.251 e. The van der Waals surface area contributed by atoms with Crippen molar-refractivity contribution < 1.29 is 9.90 Å². The number of carbonyl (C=O) groups excluding carboxylic acids is 1. The minimum atomic E-state index is -0.687. The molecule has 5 nitrogen and oxygen atoms in total. The summed E-state index contributed by atoms with van der Waals surface area (Å²) >= 11 is 0. The van der Waals surface area contributed by atoms with Crippen LogP contribution in [0.3, 0.4) is 0 Å². The van der Waals surface area contributed by atoms with E-state index in [-0.39, 0.29) is 5.91 Å². The van der Waals surface area contributed by atoms with E-state index in [2.05, 4.69) is 30.0 Å². The lowest BCUT2D eigenvalue weighted by atomic mass is 9.96. The SMILES string of the molecule is CC1NNC(C)C1CNC(=O)c1cccc(CCC(C)(C)O)c1. The van der Waals surface area contributed by atoms with Crippen molar-refractivity contribution >= 4 is 5.91 Å². The molecule has 2 atom stereocenters. The maximum absolute atomic E-state index is 12.4. The number of hydrazine groups is 1. The lowest BCUT2D eigenvalue weighted by molar-refractivity contribution is 0.0714. The fraction of sp³-hybridized carbons (Fsp3) is 0.611. The van der Waals surface area contributed by atoms with Gasteiger partial charge in [-0.2, -0.15) is 0 Å². The van der Waals surface area contributed by atoms with E-state index < -0.39 is 5.60 Å². The highest BCUT2D eigenvalue weighted by Crippen LogP contribution is 2.15. The Hall–Kier alpha value is -1.43. The van der Waals surface area contributed by atoms with Crippen molar-refractivity contribution in [1.82, 2.24) is 16.2 Å². The first-order valence-electron chi connectivity index (χ1n) is 8.37. The van der Waals surface area contributed by atoms with E-state index in [0.717, 1.165) is 12.0 Å². The van der Waals surface area contributed by atoms with E-state index in [0.29, 0.717) is 36.5 Å². The Bertz CT molecular complexity index is 529. The predicted octanol–water partition coefficient (Wildman–Crippen LogP) is 1.62. The van der Waals surface area contributed by atoms with Gasteiger partial charge in [-0.1, -0.05) is 12.1 Å². The molecule has 23 heavy (non-hydrogen) atoms. The topological polar surface area (TPSA) is 73.4 Å². The molecule has 0 saturated carbocycles. The van der Waals surface area contributed by atoms with Gasteiger partial charge in [0.05, 0.1) is 5.60 Å². The van der Waals surface area contributed by atoms with E-state index in [1.807, 2.05) is 24.3 Å². The minimum absolute atomic E-state index is 0.0404. The summed E-state index contributed by atoms with van der Waals surface area (Å²) in [7, 11) is 0. The molecule has 1 amide bonds. The molecule has 1 fully saturated rings. The van der Waals surface area contributed by atoms with Crippen LogP contribution in [0.25, 0.3) is 0 Å². The average Bonchev–Trinajstić information content (AvgIpc) is 2.81. The number of hydrogen-bond donors (Lipinski definition) is 4. The lowest BCUT2D eigenvalue weighted by Gasteiger charge is -2.19. The Morgan fingerprint density at radius 2 is 1.91 bits per heavy atom. The molecule has 2 rings (SSSR count). The van der Waals surface area contributed by atoms with E-state index in [4.69, 9.17) is 0 Å². The molecule has 0 aliphatic carbocycles. The first-order chi connectivity index (χ1) is 10.8. The van der Waals surface area contributed by atoms with Gasteiger partial charge >= 0.3 is 0 Å². The number of nitrogens with one attached hydrogen (secondary N) is 3. The van der Waals surface area contributed by atoms with Crippen molar-refractivity contribution in [3.63, 3.8) is 0 Å². The number of aliphatic hydroxyl groups is 1. The minimum Gasteiger partial charge on any atom is -0.390 e. The third-order valence-corrected chi connectivity index (χ3v) is 4.54. The molecule has 0 bridgehead atoms. The molecule has 1 aromatic rings. The van der Waals surface area contributed by atoms with Gasteiger partial charge in [0.1, 0.15) is 0 Å². The zero-order valence-corrected chi connectivity index (χ0v) is 14.5. The molecular weight excluding hydrogens is 290 g/mol. The first-order valence-corrected chi connectivity index (χ1v) is 8.37. The van der Waals surface area contributed by atoms with Crippen LogP contribution < -0.4 is 16.2 Å². The van der Waals surface area contributed by atoms with Crippen molar-refractivity contribution in [2.45, 2.75) is 58.2 Å². The molecule has 1 aliphatic rings. The van der Waals surface area contributed by atoms with Crippen LogP contribution in [0.1, 0.15) is 50.0 Å². The van der Waals surface area contributed by atoms with E-state index in [1.165, 1.54) is 0 Å². The van der Waals surface area contributed by atoms with Crippen LogP contribution in [0.2, 0.25) is 0 Å². The molecule has 1 aliphatic heterocycles. The van der Waals surface area contributed by atoms with Crippen LogP contribution >= 0.6 is 0 Å². The Labute approximate surface area is 138 Å². The summed E-state index contributed by atoms with van der Waals surface area (Å²) in [6, 6.07) is 8.32. The van der Waals surface area contributed by atoms with Gasteiger partial charge in [-0.3, -0.25) is 15.6 Å². The van der Waals surface area contributed by atoms with Gasteiger partial charge in [0.15, 0.2) is 0 Å². The number of hydrogen-bond acceptors (Lipinski definition) is 4. The van der Waals surface area contributed by atoms with Gasteiger partial charge in [0.2, 0.25) is 0 Å². The Morgan fingerprint density at radius 1 is 1.26 bits per heavy atom. The quantitative estimate of drug-likeness (QED) is 0.643. The second-order valence-electron chi connectivity index (χ2n) is 7.25. The van der Waals surface area contributed by atoms with Crippen molar-refractivity contribution in [3.8, 4) is 0 Å². The summed E-state index contributed by atoms with van der Waals surface area (Å²) < 4.78 is 0. The van der Waals surface area contributed by atoms with Gasteiger partial charge in [-0.25, -0.2) is 0 Å². The molecule has 0 spiro atoms. The first kappa shape index (κ1) is 17.9. The van der Waals surface area contributed by atoms with Crippen LogP contribution in [0.15, 0.2) is 24.3 Å². The fourth-order valence-corrected chi connectivity index (χ4v) is 2.89. The molecule has 2 unspecified atom stereocenters. The third-order valence-electron chi connectivity index (χ3n) is 4.54. The van der Waals surface area contributed by atoms with Crippen molar-refractivity contribution in [1.29, 1.82) is 0 Å². The zero-order chi connectivity index (χ0) is 17.0. The van der Waals surface area contributed by atoms with Crippen LogP contribution in [-0.2, 0) is 6.42 Å². The Morgan fingerprint density at radius 3 is 2.52 bits per heavy atom. The molecule has 4 N–H and O–H groups in total. The van der Waals surface area contributed by atoms with Crippen molar-refractivity contribution in [2.75, 3.05) is 6.54 Å². The van der Waals surface area contributed by atoms with E-state index in [1.54, 1.807) is 13.8 Å². The number of aryl methyl sites for hydroxylation is 1. The van der Waals surface area contributed by atoms with Crippen molar-refractivity contribution in [2.24, 2.45) is 5.92 Å². The fourth-order valence-electron chi connectivity index (χ4n) is 2.89. The molecule has 0 radical (unpaired) electrons. The summed E-state index contributed by atoms with van der Waals surface area (Å²) in [6.07, 6.45) is 1.43. The van der Waals surface area contributed by atoms with Gasteiger partial charge in [-0.15, -0.1) is 0 Å². The monoisotopic (exact) mass is 319 g/mol. The molecule has 1 aromatic carbocycles. The average molecular weight is 319 g/mol. The Balaban J connectivity index is 1.91.